The van der Waals surface area contributed by atoms with Gasteiger partial charge in [-0.05, 0) is 6.92 Å². The third-order valence-corrected chi connectivity index (χ3v) is 2.26. The quantitative estimate of drug-likeness (QED) is 0.301. The third kappa shape index (κ3) is 3.39. The summed E-state index contributed by atoms with van der Waals surface area (Å²) in [6.07, 6.45) is 0. The van der Waals surface area contributed by atoms with Crippen molar-refractivity contribution in [2.75, 3.05) is 43.0 Å². The molecular weight excluding hydrogens is 238 g/mol. The first kappa shape index (κ1) is 14.4. The SMILES string of the molecule is CN(C)c1nc(NN)nc(NC(C)(CO)CO)n1. The molecule has 0 saturated carbocycles. The molecule has 1 aromatic rings. The van der Waals surface area contributed by atoms with Gasteiger partial charge in [-0.1, -0.05) is 0 Å². The lowest BCUT2D eigenvalue weighted by Crippen LogP contribution is -2.43. The number of hydrogen-bond donors (Lipinski definition) is 5. The lowest BCUT2D eigenvalue weighted by atomic mass is 10.1. The summed E-state index contributed by atoms with van der Waals surface area (Å²) in [5.41, 5.74) is 1.41. The Morgan fingerprint density at radius 1 is 1.17 bits per heavy atom. The van der Waals surface area contributed by atoms with Crippen LogP contribution in [0.2, 0.25) is 0 Å². The van der Waals surface area contributed by atoms with Gasteiger partial charge in [0.1, 0.15) is 0 Å². The molecule has 6 N–H and O–H groups in total. The number of aromatic nitrogens is 3. The van der Waals surface area contributed by atoms with Crippen molar-refractivity contribution in [1.29, 1.82) is 0 Å². The standard InChI is InChI=1S/C9H19N7O2/c1-9(4-17,5-18)14-6-11-7(15-10)13-8(12-6)16(2)3/h17-18H,4-5,10H2,1-3H3,(H2,11,12,13,14,15). The molecule has 0 saturated heterocycles. The molecule has 1 rings (SSSR count). The van der Waals surface area contributed by atoms with Gasteiger partial charge in [0.2, 0.25) is 17.8 Å². The number of hydrogen-bond acceptors (Lipinski definition) is 9. The molecular formula is C9H19N7O2. The maximum absolute atomic E-state index is 9.21. The Kier molecular flexibility index (Phi) is 4.59. The number of nitrogens with one attached hydrogen (secondary N) is 2. The van der Waals surface area contributed by atoms with E-state index in [1.165, 1.54) is 0 Å². The van der Waals surface area contributed by atoms with E-state index in [4.69, 9.17) is 5.84 Å². The van der Waals surface area contributed by atoms with Crippen LogP contribution in [0.25, 0.3) is 0 Å². The van der Waals surface area contributed by atoms with E-state index in [0.717, 1.165) is 0 Å². The summed E-state index contributed by atoms with van der Waals surface area (Å²) in [5.74, 6) is 6.07. The highest BCUT2D eigenvalue weighted by Gasteiger charge is 2.23. The van der Waals surface area contributed by atoms with Crippen molar-refractivity contribution in [1.82, 2.24) is 15.0 Å². The maximum atomic E-state index is 9.21. The van der Waals surface area contributed by atoms with Gasteiger partial charge in [-0.15, -0.1) is 0 Å². The molecule has 0 spiro atoms. The molecule has 18 heavy (non-hydrogen) atoms. The van der Waals surface area contributed by atoms with Crippen LogP contribution in [0, 0.1) is 0 Å². The summed E-state index contributed by atoms with van der Waals surface area (Å²) in [5, 5.41) is 21.3. The Balaban J connectivity index is 3.04. The van der Waals surface area contributed by atoms with Crippen LogP contribution >= 0.6 is 0 Å². The number of nitrogens with zero attached hydrogens (tertiary/aromatic N) is 4. The summed E-state index contributed by atoms with van der Waals surface area (Å²) in [7, 11) is 3.55. The second-order valence-corrected chi connectivity index (χ2v) is 4.32. The molecule has 0 fully saturated rings. The normalized spacial score (nSPS) is 11.2. The minimum absolute atomic E-state index is 0.189. The van der Waals surface area contributed by atoms with Crippen LogP contribution in [0.4, 0.5) is 17.8 Å². The fourth-order valence-electron chi connectivity index (χ4n) is 1.08. The second kappa shape index (κ2) is 5.76. The minimum atomic E-state index is -0.920. The molecule has 0 aliphatic carbocycles. The molecule has 1 heterocycles. The van der Waals surface area contributed by atoms with E-state index in [1.54, 1.807) is 25.9 Å². The summed E-state index contributed by atoms with van der Waals surface area (Å²) < 4.78 is 0. The number of rotatable bonds is 6. The van der Waals surface area contributed by atoms with Gasteiger partial charge in [0.15, 0.2) is 0 Å². The Morgan fingerprint density at radius 2 is 1.72 bits per heavy atom. The largest absolute Gasteiger partial charge is 0.394 e. The Hall–Kier alpha value is -1.71. The van der Waals surface area contributed by atoms with E-state index < -0.39 is 5.54 Å². The minimum Gasteiger partial charge on any atom is -0.394 e. The van der Waals surface area contributed by atoms with Gasteiger partial charge in [0, 0.05) is 14.1 Å². The van der Waals surface area contributed by atoms with Gasteiger partial charge in [0.05, 0.1) is 18.8 Å². The van der Waals surface area contributed by atoms with E-state index in [1.807, 2.05) is 0 Å². The molecule has 9 heteroatoms. The molecule has 0 aliphatic heterocycles. The summed E-state index contributed by atoms with van der Waals surface area (Å²) in [6.45, 7) is 1.11. The Bertz CT molecular complexity index is 395. The highest BCUT2D eigenvalue weighted by Crippen LogP contribution is 2.15. The van der Waals surface area contributed by atoms with E-state index >= 15 is 0 Å². The molecule has 0 unspecified atom stereocenters. The summed E-state index contributed by atoms with van der Waals surface area (Å²) in [4.78, 5) is 13.9. The predicted molar refractivity (Wildman–Crippen MR) is 68.2 cm³/mol. The molecule has 0 aromatic carbocycles. The van der Waals surface area contributed by atoms with Crippen molar-refractivity contribution in [2.45, 2.75) is 12.5 Å². The number of anilines is 3. The lowest BCUT2D eigenvalue weighted by Gasteiger charge is -2.26. The van der Waals surface area contributed by atoms with Crippen LogP contribution in [0.15, 0.2) is 0 Å². The van der Waals surface area contributed by atoms with Gasteiger partial charge >= 0.3 is 0 Å². The third-order valence-electron chi connectivity index (χ3n) is 2.26. The van der Waals surface area contributed by atoms with E-state index in [0.29, 0.717) is 5.95 Å². The molecule has 9 nitrogen and oxygen atoms in total. The van der Waals surface area contributed by atoms with Gasteiger partial charge in [-0.2, -0.15) is 15.0 Å². The first-order valence-corrected chi connectivity index (χ1v) is 5.34. The van der Waals surface area contributed by atoms with Gasteiger partial charge in [-0.25, -0.2) is 5.84 Å². The zero-order valence-corrected chi connectivity index (χ0v) is 10.7. The van der Waals surface area contributed by atoms with E-state index in [2.05, 4.69) is 25.7 Å². The average molecular weight is 257 g/mol. The summed E-state index contributed by atoms with van der Waals surface area (Å²) >= 11 is 0. The number of aliphatic hydroxyl groups is 2. The van der Waals surface area contributed by atoms with Crippen molar-refractivity contribution >= 4 is 17.8 Å². The fourth-order valence-corrected chi connectivity index (χ4v) is 1.08. The maximum Gasteiger partial charge on any atom is 0.243 e. The van der Waals surface area contributed by atoms with Crippen molar-refractivity contribution in [3.63, 3.8) is 0 Å². The highest BCUT2D eigenvalue weighted by atomic mass is 16.3. The van der Waals surface area contributed by atoms with E-state index in [9.17, 15) is 10.2 Å². The fraction of sp³-hybridized carbons (Fsp3) is 0.667. The van der Waals surface area contributed by atoms with Gasteiger partial charge in [-0.3, -0.25) is 5.43 Å². The van der Waals surface area contributed by atoms with E-state index in [-0.39, 0.29) is 25.1 Å². The number of aliphatic hydroxyl groups excluding tert-OH is 2. The van der Waals surface area contributed by atoms with Crippen LogP contribution in [0.5, 0.6) is 0 Å². The number of nitrogens with two attached hydrogens (primary N) is 1. The van der Waals surface area contributed by atoms with Crippen molar-refractivity contribution in [3.05, 3.63) is 0 Å². The highest BCUT2D eigenvalue weighted by molar-refractivity contribution is 5.43. The molecule has 0 amide bonds. The first-order chi connectivity index (χ1) is 8.44. The zero-order chi connectivity index (χ0) is 13.8. The molecule has 1 aromatic heterocycles. The van der Waals surface area contributed by atoms with Crippen molar-refractivity contribution in [3.8, 4) is 0 Å². The van der Waals surface area contributed by atoms with Crippen LogP contribution < -0.4 is 21.5 Å². The Morgan fingerprint density at radius 3 is 2.17 bits per heavy atom. The smallest absolute Gasteiger partial charge is 0.243 e. The van der Waals surface area contributed by atoms with Crippen molar-refractivity contribution < 1.29 is 10.2 Å². The van der Waals surface area contributed by atoms with Gasteiger partial charge in [0.25, 0.3) is 0 Å². The monoisotopic (exact) mass is 257 g/mol. The topological polar surface area (TPSA) is 132 Å². The number of hydrazine groups is 1. The molecule has 0 bridgehead atoms. The van der Waals surface area contributed by atoms with Crippen LogP contribution in [0.3, 0.4) is 0 Å². The average Bonchev–Trinajstić information content (AvgIpc) is 2.38. The lowest BCUT2D eigenvalue weighted by molar-refractivity contribution is 0.147. The molecule has 0 aliphatic rings. The number of nitrogen functional groups attached to an aromatic ring is 1. The first-order valence-electron chi connectivity index (χ1n) is 5.34. The van der Waals surface area contributed by atoms with Crippen LogP contribution in [0.1, 0.15) is 6.92 Å². The predicted octanol–water partition coefficient (Wildman–Crippen LogP) is -1.62. The second-order valence-electron chi connectivity index (χ2n) is 4.32. The van der Waals surface area contributed by atoms with Crippen molar-refractivity contribution in [2.24, 2.45) is 5.84 Å². The molecule has 0 radical (unpaired) electrons. The van der Waals surface area contributed by atoms with Crippen LogP contribution in [-0.2, 0) is 0 Å². The van der Waals surface area contributed by atoms with Crippen LogP contribution in [-0.4, -0.2) is 58.0 Å². The molecule has 0 atom stereocenters. The van der Waals surface area contributed by atoms with Gasteiger partial charge < -0.3 is 20.4 Å². The summed E-state index contributed by atoms with van der Waals surface area (Å²) in [6, 6.07) is 0. The Labute approximate surface area is 105 Å². The molecule has 102 valence electrons. The zero-order valence-electron chi connectivity index (χ0n) is 10.7.